The van der Waals surface area contributed by atoms with Gasteiger partial charge in [-0.2, -0.15) is 0 Å². The summed E-state index contributed by atoms with van der Waals surface area (Å²) in [5.74, 6) is 0.870. The predicted molar refractivity (Wildman–Crippen MR) is 61.2 cm³/mol. The van der Waals surface area contributed by atoms with Crippen LogP contribution in [-0.2, 0) is 11.2 Å². The van der Waals surface area contributed by atoms with Gasteiger partial charge in [-0.15, -0.1) is 0 Å². The van der Waals surface area contributed by atoms with Crippen LogP contribution < -0.4 is 10.5 Å². The number of hydrogen-bond donors (Lipinski definition) is 1. The summed E-state index contributed by atoms with van der Waals surface area (Å²) in [6.07, 6.45) is 0.998. The lowest BCUT2D eigenvalue weighted by Crippen LogP contribution is -2.22. The zero-order chi connectivity index (χ0) is 11.1. The summed E-state index contributed by atoms with van der Waals surface area (Å²) >= 11 is 0. The van der Waals surface area contributed by atoms with Crippen LogP contribution in [0.1, 0.15) is 12.5 Å². The molecule has 0 saturated heterocycles. The van der Waals surface area contributed by atoms with E-state index < -0.39 is 0 Å². The zero-order valence-electron chi connectivity index (χ0n) is 9.40. The van der Waals surface area contributed by atoms with E-state index >= 15 is 0 Å². The Balaban J connectivity index is 2.48. The van der Waals surface area contributed by atoms with Crippen molar-refractivity contribution in [2.75, 3.05) is 20.3 Å². The molecule has 2 N–H and O–H groups in total. The van der Waals surface area contributed by atoms with Crippen molar-refractivity contribution < 1.29 is 9.47 Å². The number of hydrogen-bond acceptors (Lipinski definition) is 3. The maximum Gasteiger partial charge on any atom is 0.119 e. The molecule has 1 aromatic rings. The largest absolute Gasteiger partial charge is 0.489 e. The zero-order valence-corrected chi connectivity index (χ0v) is 9.40. The first kappa shape index (κ1) is 12.0. The Hall–Kier alpha value is -1.06. The molecule has 0 heterocycles. The summed E-state index contributed by atoms with van der Waals surface area (Å²) in [6, 6.07) is 8.05. The molecule has 1 atom stereocenters. The highest BCUT2D eigenvalue weighted by molar-refractivity contribution is 5.27. The topological polar surface area (TPSA) is 44.5 Å². The SMILES string of the molecule is COCCc1ccc(OC(C)CN)cc1. The van der Waals surface area contributed by atoms with Crippen molar-refractivity contribution in [1.82, 2.24) is 0 Å². The van der Waals surface area contributed by atoms with E-state index in [0.29, 0.717) is 6.54 Å². The van der Waals surface area contributed by atoms with Crippen molar-refractivity contribution in [2.45, 2.75) is 19.4 Å². The molecule has 3 heteroatoms. The number of nitrogens with two attached hydrogens (primary N) is 1. The summed E-state index contributed by atoms with van der Waals surface area (Å²) in [7, 11) is 1.71. The van der Waals surface area contributed by atoms with E-state index in [9.17, 15) is 0 Å². The van der Waals surface area contributed by atoms with Gasteiger partial charge in [-0.25, -0.2) is 0 Å². The molecule has 0 aliphatic heterocycles. The highest BCUT2D eigenvalue weighted by Crippen LogP contribution is 2.13. The Morgan fingerprint density at radius 2 is 1.93 bits per heavy atom. The summed E-state index contributed by atoms with van der Waals surface area (Å²) in [6.45, 7) is 3.24. The van der Waals surface area contributed by atoms with E-state index in [2.05, 4.69) is 12.1 Å². The fourth-order valence-corrected chi connectivity index (χ4v) is 1.24. The molecule has 3 nitrogen and oxygen atoms in total. The summed E-state index contributed by atoms with van der Waals surface area (Å²) in [5, 5.41) is 0. The highest BCUT2D eigenvalue weighted by Gasteiger charge is 2.00. The molecule has 0 radical (unpaired) electrons. The second-order valence-electron chi connectivity index (χ2n) is 3.55. The van der Waals surface area contributed by atoms with Gasteiger partial charge in [-0.3, -0.25) is 0 Å². The average Bonchev–Trinajstić information content (AvgIpc) is 2.28. The molecule has 0 saturated carbocycles. The summed E-state index contributed by atoms with van der Waals surface area (Å²) in [4.78, 5) is 0. The van der Waals surface area contributed by atoms with Gasteiger partial charge in [-0.05, 0) is 31.0 Å². The minimum Gasteiger partial charge on any atom is -0.489 e. The number of rotatable bonds is 6. The van der Waals surface area contributed by atoms with E-state index in [1.165, 1.54) is 5.56 Å². The first-order valence-corrected chi connectivity index (χ1v) is 5.21. The van der Waals surface area contributed by atoms with Gasteiger partial charge in [0, 0.05) is 13.7 Å². The molecule has 0 spiro atoms. The Labute approximate surface area is 91.2 Å². The fourth-order valence-electron chi connectivity index (χ4n) is 1.24. The van der Waals surface area contributed by atoms with E-state index in [1.807, 2.05) is 19.1 Å². The number of benzene rings is 1. The molecular weight excluding hydrogens is 190 g/mol. The second-order valence-corrected chi connectivity index (χ2v) is 3.55. The normalized spacial score (nSPS) is 12.5. The third-order valence-electron chi connectivity index (χ3n) is 2.19. The van der Waals surface area contributed by atoms with E-state index in [-0.39, 0.29) is 6.10 Å². The monoisotopic (exact) mass is 209 g/mol. The third-order valence-corrected chi connectivity index (χ3v) is 2.19. The molecule has 0 amide bonds. The minimum absolute atomic E-state index is 0.0647. The third kappa shape index (κ3) is 4.32. The lowest BCUT2D eigenvalue weighted by Gasteiger charge is -2.12. The van der Waals surface area contributed by atoms with Gasteiger partial charge in [0.2, 0.25) is 0 Å². The van der Waals surface area contributed by atoms with Crippen LogP contribution in [0.4, 0.5) is 0 Å². The molecule has 0 bridgehead atoms. The second kappa shape index (κ2) is 6.43. The van der Waals surface area contributed by atoms with Gasteiger partial charge in [0.15, 0.2) is 0 Å². The van der Waals surface area contributed by atoms with Gasteiger partial charge >= 0.3 is 0 Å². The van der Waals surface area contributed by atoms with Crippen LogP contribution in [0, 0.1) is 0 Å². The van der Waals surface area contributed by atoms with Crippen LogP contribution in [0.15, 0.2) is 24.3 Å². The molecule has 0 aliphatic carbocycles. The molecular formula is C12H19NO2. The maximum absolute atomic E-state index is 5.57. The standard InChI is InChI=1S/C12H19NO2/c1-10(9-13)15-12-5-3-11(4-6-12)7-8-14-2/h3-6,10H,7-9,13H2,1-2H3. The Morgan fingerprint density at radius 3 is 2.47 bits per heavy atom. The van der Waals surface area contributed by atoms with E-state index in [0.717, 1.165) is 18.8 Å². The summed E-state index contributed by atoms with van der Waals surface area (Å²) in [5.41, 5.74) is 6.73. The molecule has 0 aliphatic rings. The van der Waals surface area contributed by atoms with Crippen molar-refractivity contribution in [1.29, 1.82) is 0 Å². The first-order chi connectivity index (χ1) is 7.26. The van der Waals surface area contributed by atoms with Crippen molar-refractivity contribution in [3.8, 4) is 5.75 Å². The molecule has 1 unspecified atom stereocenters. The molecule has 0 aromatic heterocycles. The summed E-state index contributed by atoms with van der Waals surface area (Å²) < 4.78 is 10.6. The van der Waals surface area contributed by atoms with E-state index in [1.54, 1.807) is 7.11 Å². The van der Waals surface area contributed by atoms with Gasteiger partial charge < -0.3 is 15.2 Å². The molecule has 15 heavy (non-hydrogen) atoms. The minimum atomic E-state index is 0.0647. The van der Waals surface area contributed by atoms with Crippen LogP contribution in [0.3, 0.4) is 0 Å². The smallest absolute Gasteiger partial charge is 0.119 e. The fraction of sp³-hybridized carbons (Fsp3) is 0.500. The molecule has 0 fully saturated rings. The van der Waals surface area contributed by atoms with Crippen molar-refractivity contribution in [2.24, 2.45) is 5.73 Å². The van der Waals surface area contributed by atoms with Crippen LogP contribution in [0.5, 0.6) is 5.75 Å². The molecule has 1 rings (SSSR count). The maximum atomic E-state index is 5.57. The first-order valence-electron chi connectivity index (χ1n) is 5.21. The number of ether oxygens (including phenoxy) is 2. The lowest BCUT2D eigenvalue weighted by atomic mass is 10.1. The van der Waals surface area contributed by atoms with E-state index in [4.69, 9.17) is 15.2 Å². The molecule has 1 aromatic carbocycles. The number of methoxy groups -OCH3 is 1. The van der Waals surface area contributed by atoms with Crippen LogP contribution in [0.25, 0.3) is 0 Å². The highest BCUT2D eigenvalue weighted by atomic mass is 16.5. The van der Waals surface area contributed by atoms with Crippen molar-refractivity contribution in [3.05, 3.63) is 29.8 Å². The Bertz CT molecular complexity index is 271. The quantitative estimate of drug-likeness (QED) is 0.774. The Kier molecular flexibility index (Phi) is 5.15. The average molecular weight is 209 g/mol. The van der Waals surface area contributed by atoms with Crippen molar-refractivity contribution in [3.63, 3.8) is 0 Å². The predicted octanol–water partition coefficient (Wildman–Crippen LogP) is 1.60. The van der Waals surface area contributed by atoms with Crippen molar-refractivity contribution >= 4 is 0 Å². The van der Waals surface area contributed by atoms with Crippen LogP contribution >= 0.6 is 0 Å². The Morgan fingerprint density at radius 1 is 1.27 bits per heavy atom. The van der Waals surface area contributed by atoms with Gasteiger partial charge in [0.05, 0.1) is 6.61 Å². The van der Waals surface area contributed by atoms with Gasteiger partial charge in [0.25, 0.3) is 0 Å². The van der Waals surface area contributed by atoms with Gasteiger partial charge in [-0.1, -0.05) is 12.1 Å². The van der Waals surface area contributed by atoms with Gasteiger partial charge in [0.1, 0.15) is 11.9 Å². The van der Waals surface area contributed by atoms with Crippen LogP contribution in [0.2, 0.25) is 0 Å². The van der Waals surface area contributed by atoms with Crippen LogP contribution in [-0.4, -0.2) is 26.4 Å². The molecule has 84 valence electrons. The lowest BCUT2D eigenvalue weighted by molar-refractivity contribution is 0.202.